The summed E-state index contributed by atoms with van der Waals surface area (Å²) in [6.07, 6.45) is -0.526. The van der Waals surface area contributed by atoms with Crippen LogP contribution in [0.25, 0.3) is 0 Å². The van der Waals surface area contributed by atoms with E-state index in [-0.39, 0.29) is 31.4 Å². The molecule has 0 heterocycles. The van der Waals surface area contributed by atoms with Crippen LogP contribution in [0.3, 0.4) is 0 Å². The van der Waals surface area contributed by atoms with Crippen LogP contribution in [0.15, 0.2) is 18.2 Å². The summed E-state index contributed by atoms with van der Waals surface area (Å²) >= 11 is 0. The van der Waals surface area contributed by atoms with Crippen molar-refractivity contribution in [1.82, 2.24) is 0 Å². The van der Waals surface area contributed by atoms with E-state index in [0.29, 0.717) is 0 Å². The highest BCUT2D eigenvalue weighted by molar-refractivity contribution is 5.95. The second kappa shape index (κ2) is 5.75. The van der Waals surface area contributed by atoms with Gasteiger partial charge in [-0.25, -0.2) is 18.0 Å². The largest absolute Gasteiger partial charge is 0.478 e. The number of benzene rings is 1. The Bertz CT molecular complexity index is 565. The van der Waals surface area contributed by atoms with Crippen molar-refractivity contribution in [3.05, 3.63) is 29.6 Å². The fourth-order valence-corrected chi connectivity index (χ4v) is 2.31. The number of carbonyl (C=O) groups excluding carboxylic acids is 1. The Kier molecular flexibility index (Phi) is 4.20. The van der Waals surface area contributed by atoms with E-state index in [4.69, 9.17) is 5.11 Å². The number of carbonyl (C=O) groups is 2. The number of amides is 1. The summed E-state index contributed by atoms with van der Waals surface area (Å²) in [5.74, 6) is -6.06. The van der Waals surface area contributed by atoms with Gasteiger partial charge in [-0.1, -0.05) is 0 Å². The summed E-state index contributed by atoms with van der Waals surface area (Å²) in [6.45, 7) is 0. The lowest BCUT2D eigenvalue weighted by molar-refractivity contribution is -0.124. The van der Waals surface area contributed by atoms with Gasteiger partial charge in [-0.05, 0) is 31.0 Å². The molecule has 1 aromatic rings. The van der Waals surface area contributed by atoms with Crippen LogP contribution in [0, 0.1) is 11.7 Å². The number of carboxylic acids is 1. The number of alkyl halides is 2. The molecule has 0 aromatic heterocycles. The maximum atomic E-state index is 13.2. The van der Waals surface area contributed by atoms with Crippen LogP contribution in [0.5, 0.6) is 0 Å². The van der Waals surface area contributed by atoms with Crippen molar-refractivity contribution in [2.45, 2.75) is 31.6 Å². The van der Waals surface area contributed by atoms with E-state index >= 15 is 0 Å². The van der Waals surface area contributed by atoms with Crippen LogP contribution in [0.2, 0.25) is 0 Å². The van der Waals surface area contributed by atoms with E-state index in [9.17, 15) is 22.8 Å². The van der Waals surface area contributed by atoms with Gasteiger partial charge in [-0.2, -0.15) is 0 Å². The molecule has 1 saturated carbocycles. The van der Waals surface area contributed by atoms with Gasteiger partial charge < -0.3 is 10.4 Å². The lowest BCUT2D eigenvalue weighted by Crippen LogP contribution is -2.31. The summed E-state index contributed by atoms with van der Waals surface area (Å²) < 4.78 is 39.3. The fourth-order valence-electron chi connectivity index (χ4n) is 2.31. The van der Waals surface area contributed by atoms with Crippen LogP contribution in [-0.4, -0.2) is 22.9 Å². The highest BCUT2D eigenvalue weighted by atomic mass is 19.3. The molecule has 2 N–H and O–H groups in total. The Balaban J connectivity index is 2.03. The van der Waals surface area contributed by atoms with E-state index in [1.165, 1.54) is 6.07 Å². The minimum Gasteiger partial charge on any atom is -0.478 e. The van der Waals surface area contributed by atoms with Crippen molar-refractivity contribution in [2.75, 3.05) is 5.32 Å². The van der Waals surface area contributed by atoms with E-state index in [2.05, 4.69) is 5.32 Å². The highest BCUT2D eigenvalue weighted by Gasteiger charge is 2.37. The Labute approximate surface area is 119 Å². The smallest absolute Gasteiger partial charge is 0.338 e. The molecule has 1 aromatic carbocycles. The molecule has 0 atom stereocenters. The van der Waals surface area contributed by atoms with Crippen molar-refractivity contribution >= 4 is 17.6 Å². The molecule has 0 unspecified atom stereocenters. The molecule has 4 nitrogen and oxygen atoms in total. The normalized spacial score (nSPS) is 18.2. The van der Waals surface area contributed by atoms with Crippen LogP contribution in [-0.2, 0) is 4.79 Å². The SMILES string of the molecule is O=C(O)c1cc(NC(=O)C2CCC(F)(F)CC2)ccc1F. The molecule has 2 rings (SSSR count). The topological polar surface area (TPSA) is 66.4 Å². The van der Waals surface area contributed by atoms with Crippen LogP contribution in [0.4, 0.5) is 18.9 Å². The predicted molar refractivity (Wildman–Crippen MR) is 68.9 cm³/mol. The lowest BCUT2D eigenvalue weighted by atomic mass is 9.86. The van der Waals surface area contributed by atoms with Gasteiger partial charge in [-0.3, -0.25) is 4.79 Å². The van der Waals surface area contributed by atoms with E-state index in [1.54, 1.807) is 0 Å². The van der Waals surface area contributed by atoms with Gasteiger partial charge in [0.2, 0.25) is 11.8 Å². The number of carboxylic acid groups (broad SMARTS) is 1. The molecule has 0 bridgehead atoms. The second-order valence-corrected chi connectivity index (χ2v) is 5.12. The molecule has 1 aliphatic carbocycles. The summed E-state index contributed by atoms with van der Waals surface area (Å²) in [5, 5.41) is 11.2. The minimum atomic E-state index is -2.72. The first kappa shape index (κ1) is 15.3. The van der Waals surface area contributed by atoms with E-state index in [1.807, 2.05) is 0 Å². The van der Waals surface area contributed by atoms with Gasteiger partial charge in [0.15, 0.2) is 0 Å². The number of aromatic carboxylic acids is 1. The lowest BCUT2D eigenvalue weighted by Gasteiger charge is -2.27. The Hall–Kier alpha value is -2.05. The average Bonchev–Trinajstić information content (AvgIpc) is 2.40. The molecule has 114 valence electrons. The van der Waals surface area contributed by atoms with Crippen molar-refractivity contribution in [2.24, 2.45) is 5.92 Å². The van der Waals surface area contributed by atoms with Crippen molar-refractivity contribution in [1.29, 1.82) is 0 Å². The average molecular weight is 301 g/mol. The molecule has 0 saturated heterocycles. The number of nitrogens with one attached hydrogen (secondary N) is 1. The Morgan fingerprint density at radius 2 is 1.86 bits per heavy atom. The van der Waals surface area contributed by atoms with Crippen LogP contribution >= 0.6 is 0 Å². The molecule has 1 aliphatic rings. The number of hydrogen-bond donors (Lipinski definition) is 2. The maximum Gasteiger partial charge on any atom is 0.338 e. The van der Waals surface area contributed by atoms with Gasteiger partial charge in [0.1, 0.15) is 5.82 Å². The molecular formula is C14H14F3NO3. The Morgan fingerprint density at radius 3 is 2.43 bits per heavy atom. The van der Waals surface area contributed by atoms with Gasteiger partial charge in [-0.15, -0.1) is 0 Å². The first-order valence-electron chi connectivity index (χ1n) is 6.50. The quantitative estimate of drug-likeness (QED) is 0.900. The zero-order chi connectivity index (χ0) is 15.6. The highest BCUT2D eigenvalue weighted by Crippen LogP contribution is 2.36. The fraction of sp³-hybridized carbons (Fsp3) is 0.429. The Morgan fingerprint density at radius 1 is 1.24 bits per heavy atom. The van der Waals surface area contributed by atoms with E-state index in [0.717, 1.165) is 12.1 Å². The third kappa shape index (κ3) is 3.74. The molecule has 0 aliphatic heterocycles. The van der Waals surface area contributed by atoms with Crippen LogP contribution < -0.4 is 5.32 Å². The monoisotopic (exact) mass is 301 g/mol. The predicted octanol–water partition coefficient (Wildman–Crippen LogP) is 3.29. The number of rotatable bonds is 3. The maximum absolute atomic E-state index is 13.2. The summed E-state index contributed by atoms with van der Waals surface area (Å²) in [6, 6.07) is 3.18. The number of hydrogen-bond acceptors (Lipinski definition) is 2. The zero-order valence-electron chi connectivity index (χ0n) is 11.0. The van der Waals surface area contributed by atoms with Crippen molar-refractivity contribution in [3.8, 4) is 0 Å². The molecule has 0 radical (unpaired) electrons. The summed E-state index contributed by atoms with van der Waals surface area (Å²) in [4.78, 5) is 22.7. The summed E-state index contributed by atoms with van der Waals surface area (Å²) in [7, 11) is 0. The van der Waals surface area contributed by atoms with Gasteiger partial charge in [0.25, 0.3) is 0 Å². The first-order valence-corrected chi connectivity index (χ1v) is 6.50. The molecule has 0 spiro atoms. The molecule has 7 heteroatoms. The minimum absolute atomic E-state index is 0.0752. The zero-order valence-corrected chi connectivity index (χ0v) is 11.0. The van der Waals surface area contributed by atoms with Crippen molar-refractivity contribution in [3.63, 3.8) is 0 Å². The van der Waals surface area contributed by atoms with Gasteiger partial charge >= 0.3 is 5.97 Å². The van der Waals surface area contributed by atoms with E-state index < -0.39 is 35.1 Å². The van der Waals surface area contributed by atoms with Crippen molar-refractivity contribution < 1.29 is 27.9 Å². The third-order valence-corrected chi connectivity index (χ3v) is 3.55. The number of halogens is 3. The standard InChI is InChI=1S/C14H14F3NO3/c15-11-2-1-9(7-10(11)13(20)21)18-12(19)8-3-5-14(16,17)6-4-8/h1-2,7-8H,3-6H2,(H,18,19)(H,20,21). The third-order valence-electron chi connectivity index (χ3n) is 3.55. The molecule has 21 heavy (non-hydrogen) atoms. The van der Waals surface area contributed by atoms with Crippen LogP contribution in [0.1, 0.15) is 36.0 Å². The van der Waals surface area contributed by atoms with Gasteiger partial charge in [0, 0.05) is 24.4 Å². The molecular weight excluding hydrogens is 287 g/mol. The second-order valence-electron chi connectivity index (χ2n) is 5.12. The first-order chi connectivity index (χ1) is 9.78. The molecule has 1 amide bonds. The van der Waals surface area contributed by atoms with Gasteiger partial charge in [0.05, 0.1) is 5.56 Å². The number of anilines is 1. The molecule has 1 fully saturated rings. The summed E-state index contributed by atoms with van der Waals surface area (Å²) in [5.41, 5.74) is -0.417.